The fourth-order valence-corrected chi connectivity index (χ4v) is 2.34. The molecule has 0 unspecified atom stereocenters. The minimum Gasteiger partial charge on any atom is -0.504 e. The Balaban J connectivity index is 2.57. The molecular weight excluding hydrogens is 332 g/mol. The number of nitrogens with zero attached hydrogens (tertiary/aromatic N) is 2. The summed E-state index contributed by atoms with van der Waals surface area (Å²) >= 11 is 6.15. The van der Waals surface area contributed by atoms with Gasteiger partial charge in [0.2, 0.25) is 0 Å². The molecule has 6 nitrogen and oxygen atoms in total. The number of hydrogen-bond donors (Lipinski definition) is 2. The summed E-state index contributed by atoms with van der Waals surface area (Å²) in [6.45, 7) is 1.85. The molecule has 2 N–H and O–H groups in total. The number of hydrogen-bond acceptors (Lipinski definition) is 5. The lowest BCUT2D eigenvalue weighted by Crippen LogP contribution is -2.08. The lowest BCUT2D eigenvalue weighted by atomic mass is 10.0. The van der Waals surface area contributed by atoms with Crippen molar-refractivity contribution in [2.24, 2.45) is 0 Å². The van der Waals surface area contributed by atoms with Crippen molar-refractivity contribution >= 4 is 23.4 Å². The molecule has 0 saturated heterocycles. The minimum absolute atomic E-state index is 0.128. The van der Waals surface area contributed by atoms with E-state index in [4.69, 9.17) is 22.0 Å². The van der Waals surface area contributed by atoms with E-state index >= 15 is 0 Å². The number of carboxylic acid groups (broad SMARTS) is 1. The van der Waals surface area contributed by atoms with Crippen LogP contribution in [0.2, 0.25) is 5.02 Å². The Morgan fingerprint density at radius 2 is 2.00 bits per heavy atom. The van der Waals surface area contributed by atoms with Crippen molar-refractivity contribution < 1.29 is 19.8 Å². The summed E-state index contributed by atoms with van der Waals surface area (Å²) in [5.74, 6) is -2.35. The first-order valence-electron chi connectivity index (χ1n) is 6.99. The van der Waals surface area contributed by atoms with Crippen LogP contribution in [0.5, 0.6) is 5.75 Å². The van der Waals surface area contributed by atoms with Crippen LogP contribution in [-0.2, 0) is 4.79 Å². The number of aryl methyl sites for hydroxylation is 1. The number of ketones is 1. The van der Waals surface area contributed by atoms with Gasteiger partial charge in [-0.15, -0.1) is 0 Å². The fourth-order valence-electron chi connectivity index (χ4n) is 2.13. The summed E-state index contributed by atoms with van der Waals surface area (Å²) in [5.41, 5.74) is 1.22. The van der Waals surface area contributed by atoms with Crippen molar-refractivity contribution in [3.05, 3.63) is 46.1 Å². The van der Waals surface area contributed by atoms with E-state index in [9.17, 15) is 14.7 Å². The third kappa shape index (κ3) is 3.70. The summed E-state index contributed by atoms with van der Waals surface area (Å²) < 4.78 is 0. The summed E-state index contributed by atoms with van der Waals surface area (Å²) in [7, 11) is 0. The monoisotopic (exact) mass is 344 g/mol. The Hall–Kier alpha value is -2.91. The van der Waals surface area contributed by atoms with E-state index in [1.807, 2.05) is 6.92 Å². The van der Waals surface area contributed by atoms with Crippen LogP contribution in [0.4, 0.5) is 0 Å². The topological polar surface area (TPSA) is 111 Å². The van der Waals surface area contributed by atoms with Gasteiger partial charge in [-0.05, 0) is 25.1 Å². The first kappa shape index (κ1) is 17.4. The lowest BCUT2D eigenvalue weighted by molar-refractivity contribution is -0.136. The molecule has 0 aliphatic carbocycles. The van der Waals surface area contributed by atoms with Crippen LogP contribution in [0, 0.1) is 18.3 Å². The molecular formula is C17H13ClN2O4. The predicted molar refractivity (Wildman–Crippen MR) is 87.0 cm³/mol. The average Bonchev–Trinajstić information content (AvgIpc) is 2.55. The molecule has 0 amide bonds. The highest BCUT2D eigenvalue weighted by molar-refractivity contribution is 6.33. The van der Waals surface area contributed by atoms with Crippen molar-refractivity contribution in [3.8, 4) is 23.1 Å². The average molecular weight is 345 g/mol. The van der Waals surface area contributed by atoms with Crippen molar-refractivity contribution in [2.45, 2.75) is 19.8 Å². The molecule has 0 fully saturated rings. The van der Waals surface area contributed by atoms with Crippen LogP contribution in [-0.4, -0.2) is 26.9 Å². The number of benzene rings is 1. The van der Waals surface area contributed by atoms with Gasteiger partial charge in [-0.25, -0.2) is 4.98 Å². The maximum atomic E-state index is 12.1. The molecule has 0 saturated carbocycles. The SMILES string of the molecule is Cc1ccc(Cl)c(-c2cc(C#N)c(O)c(C(=O)CCC(=O)O)n2)c1. The number of aliphatic carboxylic acids is 1. The molecule has 1 heterocycles. The van der Waals surface area contributed by atoms with E-state index in [-0.39, 0.29) is 23.4 Å². The van der Waals surface area contributed by atoms with E-state index in [0.29, 0.717) is 10.6 Å². The van der Waals surface area contributed by atoms with E-state index in [1.165, 1.54) is 6.07 Å². The Morgan fingerprint density at radius 1 is 1.29 bits per heavy atom. The third-order valence-corrected chi connectivity index (χ3v) is 3.67. The summed E-state index contributed by atoms with van der Waals surface area (Å²) in [6.07, 6.45) is -0.719. The normalized spacial score (nSPS) is 10.2. The lowest BCUT2D eigenvalue weighted by Gasteiger charge is -2.10. The van der Waals surface area contributed by atoms with Gasteiger partial charge in [0, 0.05) is 17.0 Å². The van der Waals surface area contributed by atoms with Gasteiger partial charge in [0.25, 0.3) is 0 Å². The van der Waals surface area contributed by atoms with Crippen LogP contribution in [0.15, 0.2) is 24.3 Å². The van der Waals surface area contributed by atoms with Crippen LogP contribution >= 0.6 is 11.6 Å². The molecule has 2 rings (SSSR count). The van der Waals surface area contributed by atoms with Crippen molar-refractivity contribution in [1.82, 2.24) is 4.98 Å². The Bertz CT molecular complexity index is 872. The summed E-state index contributed by atoms with van der Waals surface area (Å²) in [4.78, 5) is 26.9. The number of pyridine rings is 1. The largest absolute Gasteiger partial charge is 0.504 e. The van der Waals surface area contributed by atoms with E-state index in [1.54, 1.807) is 24.3 Å². The standard InChI is InChI=1S/C17H13ClN2O4/c1-9-2-3-12(18)11(6-9)13-7-10(8-19)17(24)16(20-13)14(21)4-5-15(22)23/h2-3,6-7,24H,4-5H2,1H3,(H,22,23). The van der Waals surface area contributed by atoms with Gasteiger partial charge < -0.3 is 10.2 Å². The van der Waals surface area contributed by atoms with Crippen molar-refractivity contribution in [2.75, 3.05) is 0 Å². The number of halogens is 1. The van der Waals surface area contributed by atoms with Gasteiger partial charge in [-0.1, -0.05) is 23.2 Å². The zero-order valence-corrected chi connectivity index (χ0v) is 13.5. The smallest absolute Gasteiger partial charge is 0.303 e. The number of aromatic nitrogens is 1. The van der Waals surface area contributed by atoms with Gasteiger partial charge in [-0.3, -0.25) is 9.59 Å². The number of carbonyl (C=O) groups excluding carboxylic acids is 1. The van der Waals surface area contributed by atoms with Crippen LogP contribution in [0.3, 0.4) is 0 Å². The Morgan fingerprint density at radius 3 is 2.62 bits per heavy atom. The Labute approximate surface area is 143 Å². The number of carboxylic acids is 1. The van der Waals surface area contributed by atoms with Crippen LogP contribution in [0.25, 0.3) is 11.3 Å². The van der Waals surface area contributed by atoms with Gasteiger partial charge in [0.05, 0.1) is 17.7 Å². The van der Waals surface area contributed by atoms with Gasteiger partial charge in [-0.2, -0.15) is 5.26 Å². The first-order valence-corrected chi connectivity index (χ1v) is 7.37. The highest BCUT2D eigenvalue weighted by Gasteiger charge is 2.20. The molecule has 7 heteroatoms. The Kier molecular flexibility index (Phi) is 5.17. The molecule has 2 aromatic rings. The van der Waals surface area contributed by atoms with Gasteiger partial charge >= 0.3 is 5.97 Å². The predicted octanol–water partition coefficient (Wildman–Crippen LogP) is 3.34. The number of aromatic hydroxyl groups is 1. The van der Waals surface area contributed by atoms with Crippen LogP contribution < -0.4 is 0 Å². The molecule has 0 bridgehead atoms. The fraction of sp³-hybridized carbons (Fsp3) is 0.176. The molecule has 1 aromatic heterocycles. The molecule has 0 spiro atoms. The van der Waals surface area contributed by atoms with Gasteiger partial charge in [0.1, 0.15) is 11.8 Å². The van der Waals surface area contributed by atoms with Gasteiger partial charge in [0.15, 0.2) is 11.5 Å². The first-order chi connectivity index (χ1) is 11.3. The minimum atomic E-state index is -1.14. The number of rotatable bonds is 5. The molecule has 122 valence electrons. The highest BCUT2D eigenvalue weighted by Crippen LogP contribution is 2.32. The van der Waals surface area contributed by atoms with E-state index < -0.39 is 23.9 Å². The molecule has 0 atom stereocenters. The second kappa shape index (κ2) is 7.11. The summed E-state index contributed by atoms with van der Waals surface area (Å²) in [5, 5.41) is 28.3. The molecule has 1 aromatic carbocycles. The zero-order valence-electron chi connectivity index (χ0n) is 12.7. The zero-order chi connectivity index (χ0) is 17.9. The van der Waals surface area contributed by atoms with Crippen LogP contribution in [0.1, 0.15) is 34.5 Å². The maximum Gasteiger partial charge on any atom is 0.303 e. The molecule has 0 aliphatic rings. The quantitative estimate of drug-likeness (QED) is 0.804. The number of carbonyl (C=O) groups is 2. The van der Waals surface area contributed by atoms with Crippen molar-refractivity contribution in [3.63, 3.8) is 0 Å². The number of Topliss-reactive ketones (excluding diaryl/α,β-unsaturated/α-hetero) is 1. The molecule has 24 heavy (non-hydrogen) atoms. The second-order valence-electron chi connectivity index (χ2n) is 5.16. The van der Waals surface area contributed by atoms with E-state index in [0.717, 1.165) is 5.56 Å². The van der Waals surface area contributed by atoms with Crippen molar-refractivity contribution in [1.29, 1.82) is 5.26 Å². The maximum absolute atomic E-state index is 12.1. The molecule has 0 radical (unpaired) electrons. The summed E-state index contributed by atoms with van der Waals surface area (Å²) in [6, 6.07) is 8.35. The second-order valence-corrected chi connectivity index (χ2v) is 5.57. The molecule has 0 aliphatic heterocycles. The number of nitriles is 1. The van der Waals surface area contributed by atoms with E-state index in [2.05, 4.69) is 4.98 Å². The third-order valence-electron chi connectivity index (χ3n) is 3.34. The highest BCUT2D eigenvalue weighted by atomic mass is 35.5.